The second kappa shape index (κ2) is 11.2. The largest absolute Gasteiger partial charge is 0.462 e. The SMILES string of the molecule is CCOC(=O)c1cc(C(=O)OCC)cc(C(=O)OCCOC(=O)C(C)(C)CC)c1. The van der Waals surface area contributed by atoms with Crippen molar-refractivity contribution in [1.29, 1.82) is 0 Å². The van der Waals surface area contributed by atoms with Crippen LogP contribution in [0.5, 0.6) is 0 Å². The molecule has 8 heteroatoms. The summed E-state index contributed by atoms with van der Waals surface area (Å²) in [5.41, 5.74) is -0.577. The lowest BCUT2D eigenvalue weighted by atomic mass is 9.91. The zero-order chi connectivity index (χ0) is 22.0. The van der Waals surface area contributed by atoms with Gasteiger partial charge in [0.1, 0.15) is 13.2 Å². The molecular formula is C21H28O8. The maximum Gasteiger partial charge on any atom is 0.338 e. The van der Waals surface area contributed by atoms with E-state index in [0.717, 1.165) is 0 Å². The van der Waals surface area contributed by atoms with E-state index in [1.807, 2.05) is 6.92 Å². The first kappa shape index (κ1) is 24.1. The van der Waals surface area contributed by atoms with E-state index in [2.05, 4.69) is 0 Å². The summed E-state index contributed by atoms with van der Waals surface area (Å²) >= 11 is 0. The van der Waals surface area contributed by atoms with Crippen molar-refractivity contribution in [3.8, 4) is 0 Å². The van der Waals surface area contributed by atoms with Crippen molar-refractivity contribution in [3.05, 3.63) is 34.9 Å². The van der Waals surface area contributed by atoms with Crippen molar-refractivity contribution >= 4 is 23.9 Å². The first-order valence-corrected chi connectivity index (χ1v) is 9.49. The van der Waals surface area contributed by atoms with Gasteiger partial charge in [0.25, 0.3) is 0 Å². The number of esters is 4. The Morgan fingerprint density at radius 3 is 1.45 bits per heavy atom. The van der Waals surface area contributed by atoms with Gasteiger partial charge in [-0.1, -0.05) is 6.92 Å². The minimum atomic E-state index is -0.771. The van der Waals surface area contributed by atoms with Crippen LogP contribution in [0.1, 0.15) is 72.1 Å². The van der Waals surface area contributed by atoms with E-state index in [-0.39, 0.29) is 49.1 Å². The molecule has 1 aromatic carbocycles. The van der Waals surface area contributed by atoms with E-state index in [4.69, 9.17) is 18.9 Å². The van der Waals surface area contributed by atoms with Crippen LogP contribution in [-0.4, -0.2) is 50.3 Å². The highest BCUT2D eigenvalue weighted by Gasteiger charge is 2.27. The van der Waals surface area contributed by atoms with Crippen LogP contribution < -0.4 is 0 Å². The van der Waals surface area contributed by atoms with Gasteiger partial charge in [0.15, 0.2) is 0 Å². The molecule has 0 aromatic heterocycles. The third-order valence-electron chi connectivity index (χ3n) is 4.18. The molecule has 0 saturated heterocycles. The Bertz CT molecular complexity index is 715. The monoisotopic (exact) mass is 408 g/mol. The second-order valence-corrected chi connectivity index (χ2v) is 6.75. The van der Waals surface area contributed by atoms with Crippen LogP contribution in [-0.2, 0) is 23.7 Å². The third kappa shape index (κ3) is 7.21. The minimum absolute atomic E-state index is 0.0150. The molecule has 0 bridgehead atoms. The second-order valence-electron chi connectivity index (χ2n) is 6.75. The van der Waals surface area contributed by atoms with Crippen LogP contribution in [0.2, 0.25) is 0 Å². The van der Waals surface area contributed by atoms with Gasteiger partial charge in [-0.3, -0.25) is 4.79 Å². The highest BCUT2D eigenvalue weighted by atomic mass is 16.6. The summed E-state index contributed by atoms with van der Waals surface area (Å²) in [4.78, 5) is 48.3. The maximum atomic E-state index is 12.3. The van der Waals surface area contributed by atoms with E-state index in [1.54, 1.807) is 27.7 Å². The molecule has 0 N–H and O–H groups in total. The van der Waals surface area contributed by atoms with Crippen LogP contribution in [0.4, 0.5) is 0 Å². The van der Waals surface area contributed by atoms with Crippen molar-refractivity contribution < 1.29 is 38.1 Å². The fraction of sp³-hybridized carbons (Fsp3) is 0.524. The van der Waals surface area contributed by atoms with Gasteiger partial charge in [0.2, 0.25) is 0 Å². The third-order valence-corrected chi connectivity index (χ3v) is 4.18. The number of ether oxygens (including phenoxy) is 4. The molecule has 0 aliphatic heterocycles. The molecule has 0 amide bonds. The van der Waals surface area contributed by atoms with Gasteiger partial charge in [0.05, 0.1) is 35.3 Å². The van der Waals surface area contributed by atoms with Crippen LogP contribution >= 0.6 is 0 Å². The zero-order valence-corrected chi connectivity index (χ0v) is 17.5. The summed E-state index contributed by atoms with van der Waals surface area (Å²) in [6.45, 7) is 8.70. The Balaban J connectivity index is 2.86. The van der Waals surface area contributed by atoms with Crippen molar-refractivity contribution in [1.82, 2.24) is 0 Å². The molecule has 1 rings (SSSR count). The topological polar surface area (TPSA) is 105 Å². The van der Waals surface area contributed by atoms with Gasteiger partial charge in [-0.2, -0.15) is 0 Å². The molecule has 0 radical (unpaired) electrons. The summed E-state index contributed by atoms with van der Waals surface area (Å²) in [5, 5.41) is 0. The fourth-order valence-electron chi connectivity index (χ4n) is 2.10. The lowest BCUT2D eigenvalue weighted by Crippen LogP contribution is -2.27. The van der Waals surface area contributed by atoms with Gasteiger partial charge >= 0.3 is 23.9 Å². The molecular weight excluding hydrogens is 380 g/mol. The fourth-order valence-corrected chi connectivity index (χ4v) is 2.10. The molecule has 8 nitrogen and oxygen atoms in total. The predicted molar refractivity (Wildman–Crippen MR) is 104 cm³/mol. The van der Waals surface area contributed by atoms with Crippen molar-refractivity contribution in [2.24, 2.45) is 5.41 Å². The van der Waals surface area contributed by atoms with Crippen LogP contribution in [0.3, 0.4) is 0 Å². The van der Waals surface area contributed by atoms with E-state index < -0.39 is 23.3 Å². The number of hydrogen-bond donors (Lipinski definition) is 0. The molecule has 0 unspecified atom stereocenters. The van der Waals surface area contributed by atoms with Crippen LogP contribution in [0.15, 0.2) is 18.2 Å². The summed E-state index contributed by atoms with van der Waals surface area (Å²) in [7, 11) is 0. The Kier molecular flexibility index (Phi) is 9.31. The highest BCUT2D eigenvalue weighted by Crippen LogP contribution is 2.21. The summed E-state index contributed by atoms with van der Waals surface area (Å²) in [5.74, 6) is -2.51. The first-order chi connectivity index (χ1) is 13.7. The van der Waals surface area contributed by atoms with Crippen molar-refractivity contribution in [2.45, 2.75) is 41.0 Å². The molecule has 29 heavy (non-hydrogen) atoms. The average Bonchev–Trinajstić information content (AvgIpc) is 2.70. The molecule has 160 valence electrons. The van der Waals surface area contributed by atoms with Crippen LogP contribution in [0, 0.1) is 5.41 Å². The standard InChI is InChI=1S/C21H28O8/c1-6-21(4,5)20(25)29-10-9-28-19(24)16-12-14(17(22)26-7-2)11-15(13-16)18(23)27-8-3/h11-13H,6-10H2,1-5H3. The summed E-state index contributed by atoms with van der Waals surface area (Å²) < 4.78 is 20.0. The number of carbonyl (C=O) groups is 4. The van der Waals surface area contributed by atoms with Gasteiger partial charge in [-0.05, 0) is 52.3 Å². The molecule has 0 heterocycles. The Morgan fingerprint density at radius 2 is 1.07 bits per heavy atom. The van der Waals surface area contributed by atoms with Gasteiger partial charge in [-0.25, -0.2) is 14.4 Å². The molecule has 0 fully saturated rings. The Labute approximate surface area is 170 Å². The Hall–Kier alpha value is -2.90. The normalized spacial score (nSPS) is 10.8. The molecule has 0 spiro atoms. The van der Waals surface area contributed by atoms with E-state index >= 15 is 0 Å². The van der Waals surface area contributed by atoms with E-state index in [1.165, 1.54) is 18.2 Å². The number of carbonyl (C=O) groups excluding carboxylic acids is 4. The average molecular weight is 408 g/mol. The Morgan fingerprint density at radius 1 is 0.690 bits per heavy atom. The number of benzene rings is 1. The van der Waals surface area contributed by atoms with Crippen molar-refractivity contribution in [2.75, 3.05) is 26.4 Å². The molecule has 0 aliphatic carbocycles. The molecule has 0 saturated carbocycles. The van der Waals surface area contributed by atoms with E-state index in [9.17, 15) is 19.2 Å². The first-order valence-electron chi connectivity index (χ1n) is 9.49. The number of rotatable bonds is 10. The molecule has 1 aromatic rings. The van der Waals surface area contributed by atoms with Crippen molar-refractivity contribution in [3.63, 3.8) is 0 Å². The maximum absolute atomic E-state index is 12.3. The smallest absolute Gasteiger partial charge is 0.338 e. The summed E-state index contributed by atoms with van der Waals surface area (Å²) in [6.07, 6.45) is 0.614. The highest BCUT2D eigenvalue weighted by molar-refractivity contribution is 6.00. The molecule has 0 atom stereocenters. The predicted octanol–water partition coefficient (Wildman–Crippen LogP) is 3.18. The summed E-state index contributed by atoms with van der Waals surface area (Å²) in [6, 6.07) is 3.84. The van der Waals surface area contributed by atoms with Gasteiger partial charge in [0, 0.05) is 0 Å². The minimum Gasteiger partial charge on any atom is -0.462 e. The number of hydrogen-bond acceptors (Lipinski definition) is 8. The van der Waals surface area contributed by atoms with E-state index in [0.29, 0.717) is 6.42 Å². The van der Waals surface area contributed by atoms with Crippen LogP contribution in [0.25, 0.3) is 0 Å². The molecule has 0 aliphatic rings. The van der Waals surface area contributed by atoms with Gasteiger partial charge in [-0.15, -0.1) is 0 Å². The van der Waals surface area contributed by atoms with Gasteiger partial charge < -0.3 is 18.9 Å². The lowest BCUT2D eigenvalue weighted by molar-refractivity contribution is -0.155. The quantitative estimate of drug-likeness (QED) is 0.330. The lowest BCUT2D eigenvalue weighted by Gasteiger charge is -2.20. The zero-order valence-electron chi connectivity index (χ0n) is 17.5.